The van der Waals surface area contributed by atoms with Crippen LogP contribution in [0.1, 0.15) is 11.1 Å². The maximum atomic E-state index is 5.27. The van der Waals surface area contributed by atoms with Gasteiger partial charge in [0.05, 0.1) is 0 Å². The molecule has 0 aliphatic carbocycles. The van der Waals surface area contributed by atoms with Crippen molar-refractivity contribution in [1.29, 1.82) is 0 Å². The molecule has 0 saturated heterocycles. The summed E-state index contributed by atoms with van der Waals surface area (Å²) < 4.78 is 5.27. The topological polar surface area (TPSA) is 9.23 Å². The lowest BCUT2D eigenvalue weighted by molar-refractivity contribution is 0.429. The zero-order valence-electron chi connectivity index (χ0n) is 5.56. The minimum atomic E-state index is 1.04. The minimum Gasteiger partial charge on any atom is -0.457 e. The van der Waals surface area contributed by atoms with Crippen molar-refractivity contribution in [3.05, 3.63) is 23.3 Å². The van der Waals surface area contributed by atoms with Crippen LogP contribution >= 0.6 is 0 Å². The van der Waals surface area contributed by atoms with Gasteiger partial charge in [0.25, 0.3) is 0 Å². The third-order valence-electron chi connectivity index (χ3n) is 1.69. The predicted molar refractivity (Wildman–Crippen MR) is 36.0 cm³/mol. The molecule has 2 heterocycles. The highest BCUT2D eigenvalue weighted by Crippen LogP contribution is 2.40. The van der Waals surface area contributed by atoms with Crippen LogP contribution in [0, 0.1) is 13.8 Å². The lowest BCUT2D eigenvalue weighted by Crippen LogP contribution is -1.99. The van der Waals surface area contributed by atoms with Crippen LogP contribution in [0.5, 0.6) is 11.5 Å². The molecule has 0 amide bonds. The van der Waals surface area contributed by atoms with Gasteiger partial charge in [-0.05, 0) is 31.0 Å². The molecule has 46 valence electrons. The van der Waals surface area contributed by atoms with Gasteiger partial charge in [-0.15, -0.1) is 0 Å². The average molecular weight is 120 g/mol. The molecule has 1 aromatic rings. The molecule has 1 nitrogen and oxygen atoms in total. The number of hydrogen-bond donors (Lipinski definition) is 0. The van der Waals surface area contributed by atoms with Crippen molar-refractivity contribution in [2.75, 3.05) is 0 Å². The van der Waals surface area contributed by atoms with E-state index in [1.165, 1.54) is 11.1 Å². The average Bonchev–Trinajstić information content (AvgIpc) is 1.57. The highest BCUT2D eigenvalue weighted by molar-refractivity contribution is 5.54. The fraction of sp³-hybridized carbons (Fsp3) is 0.250. The van der Waals surface area contributed by atoms with Gasteiger partial charge < -0.3 is 4.74 Å². The Labute approximate surface area is 54.3 Å². The van der Waals surface area contributed by atoms with Crippen LogP contribution in [0.4, 0.5) is 0 Å². The van der Waals surface area contributed by atoms with Gasteiger partial charge in [-0.1, -0.05) is 0 Å². The van der Waals surface area contributed by atoms with E-state index in [9.17, 15) is 0 Å². The lowest BCUT2D eigenvalue weighted by Gasteiger charge is -2.20. The summed E-state index contributed by atoms with van der Waals surface area (Å²) in [6.07, 6.45) is 0. The number of rotatable bonds is 0. The second kappa shape index (κ2) is 1.29. The van der Waals surface area contributed by atoms with Crippen LogP contribution < -0.4 is 4.74 Å². The highest BCUT2D eigenvalue weighted by atomic mass is 16.5. The monoisotopic (exact) mass is 120 g/mol. The molecule has 0 N–H and O–H groups in total. The summed E-state index contributed by atoms with van der Waals surface area (Å²) in [4.78, 5) is 0. The van der Waals surface area contributed by atoms with Crippen molar-refractivity contribution in [1.82, 2.24) is 0 Å². The van der Waals surface area contributed by atoms with Crippen molar-refractivity contribution < 1.29 is 4.74 Å². The van der Waals surface area contributed by atoms with Gasteiger partial charge in [-0.2, -0.15) is 0 Å². The van der Waals surface area contributed by atoms with E-state index in [1.807, 2.05) is 0 Å². The SMILES string of the molecule is Cc1cc(C)c2cc1O2. The van der Waals surface area contributed by atoms with Gasteiger partial charge in [0.1, 0.15) is 11.5 Å². The Bertz CT molecular complexity index is 240. The van der Waals surface area contributed by atoms with Crippen molar-refractivity contribution >= 4 is 0 Å². The molecule has 1 heteroatoms. The Morgan fingerprint density at radius 3 is 1.67 bits per heavy atom. The standard InChI is InChI=1S/C8H8O/c1-5-3-6(2)8-4-7(5)9-8/h3-4H,1-2H3. The van der Waals surface area contributed by atoms with Crippen LogP contribution in [-0.4, -0.2) is 0 Å². The van der Waals surface area contributed by atoms with E-state index in [-0.39, 0.29) is 0 Å². The molecule has 0 atom stereocenters. The summed E-state index contributed by atoms with van der Waals surface area (Å²) in [5, 5.41) is 0. The largest absolute Gasteiger partial charge is 0.457 e. The van der Waals surface area contributed by atoms with E-state index in [4.69, 9.17) is 4.74 Å². The van der Waals surface area contributed by atoms with E-state index in [0.717, 1.165) is 11.5 Å². The molecule has 2 aliphatic rings. The summed E-state index contributed by atoms with van der Waals surface area (Å²) >= 11 is 0. The molecule has 0 radical (unpaired) electrons. The first-order chi connectivity index (χ1) is 4.27. The molecule has 0 unspecified atom stereocenters. The highest BCUT2D eigenvalue weighted by Gasteiger charge is 2.15. The summed E-state index contributed by atoms with van der Waals surface area (Å²) in [7, 11) is 0. The quantitative estimate of drug-likeness (QED) is 0.518. The molecule has 1 aromatic carbocycles. The molecule has 2 bridgehead atoms. The zero-order valence-corrected chi connectivity index (χ0v) is 5.56. The summed E-state index contributed by atoms with van der Waals surface area (Å²) in [6.45, 7) is 4.12. The minimum absolute atomic E-state index is 1.04. The smallest absolute Gasteiger partial charge is 0.134 e. The molecule has 9 heavy (non-hydrogen) atoms. The van der Waals surface area contributed by atoms with E-state index in [2.05, 4.69) is 26.0 Å². The number of aryl methyl sites for hydroxylation is 2. The summed E-state index contributed by atoms with van der Waals surface area (Å²) in [5.41, 5.74) is 2.48. The molecule has 2 aliphatic heterocycles. The first-order valence-electron chi connectivity index (χ1n) is 3.06. The van der Waals surface area contributed by atoms with E-state index >= 15 is 0 Å². The number of fused-ring (bicyclic) bond motifs is 2. The maximum Gasteiger partial charge on any atom is 0.134 e. The van der Waals surface area contributed by atoms with Crippen molar-refractivity contribution in [2.45, 2.75) is 13.8 Å². The fourth-order valence-corrected chi connectivity index (χ4v) is 1.09. The second-order valence-corrected chi connectivity index (χ2v) is 2.49. The van der Waals surface area contributed by atoms with Gasteiger partial charge in [0.2, 0.25) is 0 Å². The van der Waals surface area contributed by atoms with Crippen LogP contribution in [-0.2, 0) is 0 Å². The molecule has 0 aromatic heterocycles. The number of hydrogen-bond acceptors (Lipinski definition) is 1. The maximum absolute atomic E-state index is 5.27. The summed E-state index contributed by atoms with van der Waals surface area (Å²) in [5.74, 6) is 2.08. The van der Waals surface area contributed by atoms with Gasteiger partial charge >= 0.3 is 0 Å². The Hall–Kier alpha value is -0.980. The van der Waals surface area contributed by atoms with E-state index < -0.39 is 0 Å². The van der Waals surface area contributed by atoms with Crippen molar-refractivity contribution in [3.8, 4) is 11.5 Å². The van der Waals surface area contributed by atoms with Gasteiger partial charge in [0.15, 0.2) is 0 Å². The van der Waals surface area contributed by atoms with Gasteiger partial charge in [0, 0.05) is 6.07 Å². The Morgan fingerprint density at radius 2 is 1.44 bits per heavy atom. The first-order valence-corrected chi connectivity index (χ1v) is 3.06. The van der Waals surface area contributed by atoms with Crippen molar-refractivity contribution in [2.24, 2.45) is 0 Å². The van der Waals surface area contributed by atoms with Crippen LogP contribution in [0.15, 0.2) is 12.1 Å². The van der Waals surface area contributed by atoms with Crippen LogP contribution in [0.2, 0.25) is 0 Å². The normalized spacial score (nSPS) is 12.2. The van der Waals surface area contributed by atoms with Crippen LogP contribution in [0.25, 0.3) is 0 Å². The Kier molecular flexibility index (Phi) is 0.699. The van der Waals surface area contributed by atoms with E-state index in [1.54, 1.807) is 0 Å². The zero-order chi connectivity index (χ0) is 6.43. The number of ether oxygens (including phenoxy) is 1. The molecule has 0 spiro atoms. The lowest BCUT2D eigenvalue weighted by atomic mass is 10.1. The molecular formula is C8H8O. The molecule has 0 fully saturated rings. The van der Waals surface area contributed by atoms with Gasteiger partial charge in [-0.25, -0.2) is 0 Å². The Balaban J connectivity index is 2.72. The van der Waals surface area contributed by atoms with E-state index in [0.29, 0.717) is 0 Å². The second-order valence-electron chi connectivity index (χ2n) is 2.49. The summed E-state index contributed by atoms with van der Waals surface area (Å²) in [6, 6.07) is 4.22. The molecular weight excluding hydrogens is 112 g/mol. The number of benzene rings is 1. The van der Waals surface area contributed by atoms with Crippen molar-refractivity contribution in [3.63, 3.8) is 0 Å². The molecule has 0 saturated carbocycles. The fourth-order valence-electron chi connectivity index (χ4n) is 1.09. The first kappa shape index (κ1) is 4.86. The molecule has 3 rings (SSSR count). The third kappa shape index (κ3) is 0.489. The predicted octanol–water partition coefficient (Wildman–Crippen LogP) is 2.41. The van der Waals surface area contributed by atoms with Gasteiger partial charge in [-0.3, -0.25) is 0 Å². The van der Waals surface area contributed by atoms with Crippen LogP contribution in [0.3, 0.4) is 0 Å². The Morgan fingerprint density at radius 1 is 1.00 bits per heavy atom. The third-order valence-corrected chi connectivity index (χ3v) is 1.69.